The van der Waals surface area contributed by atoms with Gasteiger partial charge in [0.15, 0.2) is 0 Å². The molecule has 0 spiro atoms. The summed E-state index contributed by atoms with van der Waals surface area (Å²) in [5.74, 6) is -13.4. The molecule has 2 heterocycles. The Labute approximate surface area is 369 Å². The largest absolute Gasteiger partial charge is 0.451 e. The fraction of sp³-hybridized carbons (Fsp3) is 0.190. The first-order valence-electron chi connectivity index (χ1n) is 18.4. The number of sulfonamides is 1. The highest BCUT2D eigenvalue weighted by atomic mass is 79.9. The molecule has 2 aromatic heterocycles. The van der Waals surface area contributed by atoms with E-state index in [2.05, 4.69) is 0 Å². The maximum atomic E-state index is 14.9. The second kappa shape index (κ2) is 18.7. The second-order valence-electron chi connectivity index (χ2n) is 14.0. The Morgan fingerprint density at radius 3 is 1.47 bits per heavy atom. The standard InChI is InChI=1S/C21H17BrF3N3O4.C21H20FN3O6S/c1-11-15(17(29)18(26)30)16-13(28(11)10-12-6-3-2-4-7-12)8-5-9-14(16)32-20(23,19(27)31)21(22,24)25;1-12-16(18(26)20(23)27)17-14(25(12)11-13-7-4-3-5-8-13)9-6-10-15(17)31-19(22)21(28)24-32(2,29)30/h2-9H,10H2,1H3,(H2,26,30)(H2,27,31);3-10,19H,11H2,1-2H3,(H2,23,27)(H,24,28). The van der Waals surface area contributed by atoms with Crippen LogP contribution in [0, 0.1) is 13.8 Å². The van der Waals surface area contributed by atoms with Gasteiger partial charge in [-0.1, -0.05) is 72.8 Å². The van der Waals surface area contributed by atoms with Crippen LogP contribution in [-0.2, 0) is 42.3 Å². The van der Waals surface area contributed by atoms with Crippen molar-refractivity contribution < 1.29 is 64.2 Å². The number of hydrogen-bond acceptors (Lipinski definition) is 10. The zero-order valence-electron chi connectivity index (χ0n) is 33.7. The number of Topliss-reactive ketones (excluding diaryl/α,β-unsaturated/α-hetero) is 2. The topological polar surface area (TPSA) is 255 Å². The highest BCUT2D eigenvalue weighted by molar-refractivity contribution is 9.10. The normalized spacial score (nSPS) is 12.9. The van der Waals surface area contributed by atoms with E-state index in [-0.39, 0.29) is 45.4 Å². The number of aromatic nitrogens is 2. The van der Waals surface area contributed by atoms with Crippen molar-refractivity contribution in [2.24, 2.45) is 17.2 Å². The fourth-order valence-corrected chi connectivity index (χ4v) is 7.44. The molecule has 64 heavy (non-hydrogen) atoms. The fourth-order valence-electron chi connectivity index (χ4n) is 6.70. The molecule has 0 aliphatic rings. The Bertz CT molecular complexity index is 2940. The SMILES string of the molecule is Cc1c(C(=O)C(N)=O)c2c(OC(F)(C(N)=O)C(F)(F)Br)cccc2n1Cc1ccccc1.Cc1c(C(=O)C(N)=O)c2c(OC(F)C(=O)NS(C)(=O)=O)cccc2n1Cc1ccccc1. The summed E-state index contributed by atoms with van der Waals surface area (Å²) in [4.78, 5) is 67.4. The van der Waals surface area contributed by atoms with Crippen molar-refractivity contribution >= 4 is 83.0 Å². The van der Waals surface area contributed by atoms with Gasteiger partial charge in [-0.2, -0.15) is 17.6 Å². The Morgan fingerprint density at radius 1 is 0.688 bits per heavy atom. The maximum absolute atomic E-state index is 14.9. The van der Waals surface area contributed by atoms with Gasteiger partial charge in [-0.15, -0.1) is 0 Å². The smallest absolute Gasteiger partial charge is 0.400 e. The van der Waals surface area contributed by atoms with E-state index in [1.165, 1.54) is 35.9 Å². The number of carbonyl (C=O) groups is 6. The number of ether oxygens (including phenoxy) is 2. The van der Waals surface area contributed by atoms with Gasteiger partial charge >= 0.3 is 28.9 Å². The number of nitrogens with one attached hydrogen (secondary N) is 1. The summed E-state index contributed by atoms with van der Waals surface area (Å²) < 4.78 is 94.0. The highest BCUT2D eigenvalue weighted by Crippen LogP contribution is 2.43. The van der Waals surface area contributed by atoms with Gasteiger partial charge in [0, 0.05) is 24.5 Å². The molecule has 4 aromatic carbocycles. The molecule has 336 valence electrons. The third kappa shape index (κ3) is 10.1. The highest BCUT2D eigenvalue weighted by Gasteiger charge is 2.61. The summed E-state index contributed by atoms with van der Waals surface area (Å²) in [7, 11) is -4.01. The minimum absolute atomic E-state index is 0.0829. The van der Waals surface area contributed by atoms with Crippen molar-refractivity contribution in [3.05, 3.63) is 131 Å². The number of carbonyl (C=O) groups excluding carboxylic acids is 6. The molecule has 0 aliphatic heterocycles. The summed E-state index contributed by atoms with van der Waals surface area (Å²) in [6, 6.07) is 26.7. The van der Waals surface area contributed by atoms with E-state index >= 15 is 0 Å². The average Bonchev–Trinajstić information content (AvgIpc) is 3.66. The Morgan fingerprint density at radius 2 is 1.09 bits per heavy atom. The molecule has 16 nitrogen and oxygen atoms in total. The molecule has 0 aliphatic carbocycles. The number of halogens is 5. The first-order chi connectivity index (χ1) is 29.9. The van der Waals surface area contributed by atoms with Gasteiger partial charge in [0.2, 0.25) is 10.0 Å². The van der Waals surface area contributed by atoms with E-state index < -0.39 is 68.0 Å². The van der Waals surface area contributed by atoms with Gasteiger partial charge in [-0.3, -0.25) is 28.8 Å². The molecule has 4 amide bonds. The average molecular weight is 974 g/mol. The van der Waals surface area contributed by atoms with E-state index in [4.69, 9.17) is 26.7 Å². The lowest BCUT2D eigenvalue weighted by Gasteiger charge is -2.27. The second-order valence-corrected chi connectivity index (χ2v) is 16.7. The lowest BCUT2D eigenvalue weighted by Crippen LogP contribution is -2.55. The summed E-state index contributed by atoms with van der Waals surface area (Å²) in [6.45, 7) is 3.67. The third-order valence-corrected chi connectivity index (χ3v) is 10.6. The number of ketones is 2. The van der Waals surface area contributed by atoms with Crippen LogP contribution in [0.25, 0.3) is 21.8 Å². The van der Waals surface area contributed by atoms with Crippen molar-refractivity contribution in [2.75, 3.05) is 6.26 Å². The molecule has 6 aromatic rings. The lowest BCUT2D eigenvalue weighted by molar-refractivity contribution is -0.191. The molecule has 0 saturated carbocycles. The lowest BCUT2D eigenvalue weighted by atomic mass is 10.1. The van der Waals surface area contributed by atoms with Gasteiger partial charge in [0.1, 0.15) is 11.5 Å². The minimum atomic E-state index is -4.50. The van der Waals surface area contributed by atoms with Crippen LogP contribution in [0.5, 0.6) is 11.5 Å². The van der Waals surface area contributed by atoms with E-state index in [1.807, 2.05) is 48.5 Å². The summed E-state index contributed by atoms with van der Waals surface area (Å²) in [5, 5.41) is -0.0794. The van der Waals surface area contributed by atoms with Crippen LogP contribution < -0.4 is 31.4 Å². The van der Waals surface area contributed by atoms with Crippen LogP contribution in [0.2, 0.25) is 0 Å². The molecule has 0 fully saturated rings. The van der Waals surface area contributed by atoms with Crippen LogP contribution in [0.1, 0.15) is 43.2 Å². The van der Waals surface area contributed by atoms with Crippen LogP contribution in [-0.4, -0.2) is 76.0 Å². The number of fused-ring (bicyclic) bond motifs is 2. The minimum Gasteiger partial charge on any atom is -0.451 e. The molecule has 0 bridgehead atoms. The number of nitrogens with zero attached hydrogens (tertiary/aromatic N) is 2. The summed E-state index contributed by atoms with van der Waals surface area (Å²) in [5.41, 5.74) is 17.9. The molecule has 7 N–H and O–H groups in total. The number of rotatable bonds is 16. The third-order valence-electron chi connectivity index (χ3n) is 9.55. The zero-order valence-corrected chi connectivity index (χ0v) is 36.1. The summed E-state index contributed by atoms with van der Waals surface area (Å²) >= 11 is 1.78. The van der Waals surface area contributed by atoms with Crippen molar-refractivity contribution in [3.63, 3.8) is 0 Å². The van der Waals surface area contributed by atoms with E-state index in [9.17, 15) is 54.7 Å². The van der Waals surface area contributed by atoms with Crippen molar-refractivity contribution in [2.45, 2.75) is 44.0 Å². The Hall–Kier alpha value is -7.07. The van der Waals surface area contributed by atoms with E-state index in [0.29, 0.717) is 24.0 Å². The van der Waals surface area contributed by atoms with E-state index in [0.717, 1.165) is 17.2 Å². The van der Waals surface area contributed by atoms with Crippen molar-refractivity contribution in [3.8, 4) is 11.5 Å². The van der Waals surface area contributed by atoms with Crippen LogP contribution in [0.15, 0.2) is 97.1 Å². The zero-order chi connectivity index (χ0) is 47.5. The molecular formula is C42H37BrF4N6O10S. The molecule has 22 heteroatoms. The van der Waals surface area contributed by atoms with Gasteiger partial charge in [-0.05, 0) is 65.2 Å². The molecule has 6 rings (SSSR count). The van der Waals surface area contributed by atoms with Gasteiger partial charge in [0.05, 0.1) is 39.2 Å². The number of hydrogen-bond donors (Lipinski definition) is 4. The monoisotopic (exact) mass is 972 g/mol. The predicted molar refractivity (Wildman–Crippen MR) is 228 cm³/mol. The van der Waals surface area contributed by atoms with Gasteiger partial charge in [0.25, 0.3) is 23.4 Å². The van der Waals surface area contributed by atoms with Crippen LogP contribution in [0.3, 0.4) is 0 Å². The number of alkyl halides is 5. The Balaban J connectivity index is 0.000000241. The molecule has 0 saturated heterocycles. The molecule has 2 unspecified atom stereocenters. The van der Waals surface area contributed by atoms with Gasteiger partial charge in [-0.25, -0.2) is 13.1 Å². The number of amides is 4. The Kier molecular flexibility index (Phi) is 14.0. The van der Waals surface area contributed by atoms with Crippen LogP contribution in [0.4, 0.5) is 17.6 Å². The van der Waals surface area contributed by atoms with Crippen molar-refractivity contribution in [1.82, 2.24) is 13.9 Å². The number of primary amides is 3. The number of nitrogens with two attached hydrogens (primary N) is 3. The first-order valence-corrected chi connectivity index (χ1v) is 21.1. The van der Waals surface area contributed by atoms with E-state index in [1.54, 1.807) is 50.2 Å². The van der Waals surface area contributed by atoms with Gasteiger partial charge < -0.3 is 35.8 Å². The molecule has 2 atom stereocenters. The van der Waals surface area contributed by atoms with Crippen molar-refractivity contribution in [1.29, 1.82) is 0 Å². The maximum Gasteiger partial charge on any atom is 0.400 e. The quantitative estimate of drug-likeness (QED) is 0.0454. The van der Waals surface area contributed by atoms with Crippen LogP contribution >= 0.6 is 15.9 Å². The predicted octanol–water partition coefficient (Wildman–Crippen LogP) is 4.60. The summed E-state index contributed by atoms with van der Waals surface area (Å²) in [6.07, 6.45) is -2.00. The number of benzene rings is 4. The molecule has 0 radical (unpaired) electrons. The first kappa shape index (κ1) is 48.0. The molecular weight excluding hydrogens is 936 g/mol.